The van der Waals surface area contributed by atoms with Crippen LogP contribution in [-0.4, -0.2) is 39.0 Å². The van der Waals surface area contributed by atoms with Crippen LogP contribution in [0.4, 0.5) is 10.3 Å². The molecule has 0 saturated carbocycles. The van der Waals surface area contributed by atoms with Gasteiger partial charge in [0.05, 0.1) is 23.7 Å². The number of halogens is 1. The predicted octanol–water partition coefficient (Wildman–Crippen LogP) is 3.14. The molecule has 1 aromatic carbocycles. The topological polar surface area (TPSA) is 71.7 Å². The number of nitrogens with one attached hydrogen (secondary N) is 1. The van der Waals surface area contributed by atoms with Crippen molar-refractivity contribution in [1.82, 2.24) is 14.6 Å². The van der Waals surface area contributed by atoms with Crippen molar-refractivity contribution in [3.8, 4) is 17.0 Å². The van der Waals surface area contributed by atoms with Gasteiger partial charge in [-0.15, -0.1) is 10.2 Å². The van der Waals surface area contributed by atoms with Crippen LogP contribution in [0.15, 0.2) is 30.5 Å². The molecule has 2 aromatic heterocycles. The highest BCUT2D eigenvalue weighted by Gasteiger charge is 2.20. The number of anilines is 1. The molecular weight excluding hydrogens is 323 g/mol. The van der Waals surface area contributed by atoms with Crippen molar-refractivity contribution < 1.29 is 14.2 Å². The van der Waals surface area contributed by atoms with Crippen LogP contribution < -0.4 is 5.32 Å². The van der Waals surface area contributed by atoms with E-state index < -0.39 is 5.82 Å². The molecule has 0 spiro atoms. The molecule has 4 rings (SSSR count). The fourth-order valence-corrected chi connectivity index (χ4v) is 3.23. The third kappa shape index (κ3) is 2.91. The highest BCUT2D eigenvalue weighted by atomic mass is 19.1. The Morgan fingerprint density at radius 1 is 1.36 bits per heavy atom. The summed E-state index contributed by atoms with van der Waals surface area (Å²) in [7, 11) is 0. The molecule has 3 heterocycles. The Morgan fingerprint density at radius 3 is 3.00 bits per heavy atom. The highest BCUT2D eigenvalue weighted by molar-refractivity contribution is 5.81. The van der Waals surface area contributed by atoms with Crippen LogP contribution >= 0.6 is 0 Å². The maximum atomic E-state index is 14.4. The number of benzene rings is 1. The van der Waals surface area contributed by atoms with Gasteiger partial charge in [-0.25, -0.2) is 4.39 Å². The maximum absolute atomic E-state index is 14.4. The third-order valence-corrected chi connectivity index (χ3v) is 4.41. The summed E-state index contributed by atoms with van der Waals surface area (Å²) < 4.78 is 21.7. The SMILES string of the molecule is Cc1cc(O)c(-c2nnc(NC3CCCOC3)n3cccc23)c(F)c1. The lowest BCUT2D eigenvalue weighted by Gasteiger charge is -2.23. The quantitative estimate of drug-likeness (QED) is 0.765. The van der Waals surface area contributed by atoms with E-state index in [1.54, 1.807) is 6.92 Å². The van der Waals surface area contributed by atoms with Crippen molar-refractivity contribution in [2.45, 2.75) is 25.8 Å². The lowest BCUT2D eigenvalue weighted by atomic mass is 10.1. The van der Waals surface area contributed by atoms with Gasteiger partial charge in [-0.1, -0.05) is 0 Å². The summed E-state index contributed by atoms with van der Waals surface area (Å²) in [5.74, 6) is -0.0844. The van der Waals surface area contributed by atoms with Gasteiger partial charge in [-0.3, -0.25) is 4.40 Å². The summed E-state index contributed by atoms with van der Waals surface area (Å²) in [5.41, 5.74) is 1.70. The molecule has 25 heavy (non-hydrogen) atoms. The number of fused-ring (bicyclic) bond motifs is 1. The van der Waals surface area contributed by atoms with Gasteiger partial charge in [0.1, 0.15) is 17.3 Å². The van der Waals surface area contributed by atoms with Gasteiger partial charge in [0.15, 0.2) is 0 Å². The van der Waals surface area contributed by atoms with E-state index in [1.165, 1.54) is 12.1 Å². The van der Waals surface area contributed by atoms with E-state index >= 15 is 0 Å². The minimum absolute atomic E-state index is 0.0642. The van der Waals surface area contributed by atoms with Crippen LogP contribution in [-0.2, 0) is 4.74 Å². The smallest absolute Gasteiger partial charge is 0.228 e. The Bertz CT molecular complexity index is 896. The number of rotatable bonds is 3. The van der Waals surface area contributed by atoms with Crippen LogP contribution in [0.2, 0.25) is 0 Å². The van der Waals surface area contributed by atoms with Crippen molar-refractivity contribution in [1.29, 1.82) is 0 Å². The summed E-state index contributed by atoms with van der Waals surface area (Å²) in [4.78, 5) is 0. The number of phenols is 1. The van der Waals surface area contributed by atoms with E-state index in [9.17, 15) is 9.50 Å². The summed E-state index contributed by atoms with van der Waals surface area (Å²) >= 11 is 0. The summed E-state index contributed by atoms with van der Waals surface area (Å²) in [5, 5.41) is 22.0. The van der Waals surface area contributed by atoms with Gasteiger partial charge in [-0.2, -0.15) is 0 Å². The van der Waals surface area contributed by atoms with E-state index in [0.717, 1.165) is 19.4 Å². The minimum atomic E-state index is -0.517. The number of hydrogen-bond acceptors (Lipinski definition) is 5. The predicted molar refractivity (Wildman–Crippen MR) is 92.2 cm³/mol. The van der Waals surface area contributed by atoms with Gasteiger partial charge in [0, 0.05) is 12.8 Å². The van der Waals surface area contributed by atoms with Gasteiger partial charge in [0.25, 0.3) is 0 Å². The molecule has 0 radical (unpaired) electrons. The molecule has 1 fully saturated rings. The average Bonchev–Trinajstić information content (AvgIpc) is 3.07. The molecule has 130 valence electrons. The van der Waals surface area contributed by atoms with E-state index in [4.69, 9.17) is 4.74 Å². The standard InChI is InChI=1S/C18H19FN4O2/c1-11-8-13(19)16(15(24)9-11)17-14-5-2-6-23(14)18(22-21-17)20-12-4-3-7-25-10-12/h2,5-6,8-9,12,24H,3-4,7,10H2,1H3,(H,20,22). The first-order valence-corrected chi connectivity index (χ1v) is 8.31. The molecule has 1 aliphatic rings. The second-order valence-corrected chi connectivity index (χ2v) is 6.33. The fraction of sp³-hybridized carbons (Fsp3) is 0.333. The van der Waals surface area contributed by atoms with Gasteiger partial charge in [0.2, 0.25) is 5.95 Å². The molecular formula is C18H19FN4O2. The van der Waals surface area contributed by atoms with Crippen LogP contribution in [0.1, 0.15) is 18.4 Å². The Hall–Kier alpha value is -2.67. The first kappa shape index (κ1) is 15.8. The number of aryl methyl sites for hydroxylation is 1. The number of ether oxygens (including phenoxy) is 1. The van der Waals surface area contributed by atoms with E-state index in [2.05, 4.69) is 15.5 Å². The van der Waals surface area contributed by atoms with Crippen molar-refractivity contribution in [2.75, 3.05) is 18.5 Å². The molecule has 1 atom stereocenters. The largest absolute Gasteiger partial charge is 0.507 e. The van der Waals surface area contributed by atoms with Crippen LogP contribution in [0, 0.1) is 12.7 Å². The van der Waals surface area contributed by atoms with E-state index in [0.29, 0.717) is 29.3 Å². The molecule has 1 aliphatic heterocycles. The molecule has 1 unspecified atom stereocenters. The number of hydrogen-bond donors (Lipinski definition) is 2. The van der Waals surface area contributed by atoms with Crippen molar-refractivity contribution >= 4 is 11.5 Å². The molecule has 0 amide bonds. The lowest BCUT2D eigenvalue weighted by Crippen LogP contribution is -2.31. The molecule has 3 aromatic rings. The van der Waals surface area contributed by atoms with Crippen molar-refractivity contribution in [2.24, 2.45) is 0 Å². The zero-order chi connectivity index (χ0) is 17.4. The molecule has 1 saturated heterocycles. The summed E-state index contributed by atoms with van der Waals surface area (Å²) in [6, 6.07) is 6.73. The van der Waals surface area contributed by atoms with Crippen LogP contribution in [0.5, 0.6) is 5.75 Å². The number of phenolic OH excluding ortho intramolecular Hbond substituents is 1. The number of nitrogens with zero attached hydrogens (tertiary/aromatic N) is 3. The minimum Gasteiger partial charge on any atom is -0.507 e. The number of aromatic hydroxyl groups is 1. The maximum Gasteiger partial charge on any atom is 0.228 e. The third-order valence-electron chi connectivity index (χ3n) is 4.41. The molecule has 6 nitrogen and oxygen atoms in total. The highest BCUT2D eigenvalue weighted by Crippen LogP contribution is 2.34. The average molecular weight is 342 g/mol. The molecule has 7 heteroatoms. The Kier molecular flexibility index (Phi) is 4.01. The fourth-order valence-electron chi connectivity index (χ4n) is 3.23. The monoisotopic (exact) mass is 342 g/mol. The molecule has 0 bridgehead atoms. The second kappa shape index (κ2) is 6.33. The molecule has 0 aliphatic carbocycles. The lowest BCUT2D eigenvalue weighted by molar-refractivity contribution is 0.0873. The summed E-state index contributed by atoms with van der Waals surface area (Å²) in [6.45, 7) is 3.14. The Morgan fingerprint density at radius 2 is 2.24 bits per heavy atom. The summed E-state index contributed by atoms with van der Waals surface area (Å²) in [6.07, 6.45) is 3.84. The van der Waals surface area contributed by atoms with Gasteiger partial charge < -0.3 is 15.2 Å². The van der Waals surface area contributed by atoms with E-state index in [-0.39, 0.29) is 17.4 Å². The first-order chi connectivity index (χ1) is 12.1. The Labute approximate surface area is 144 Å². The second-order valence-electron chi connectivity index (χ2n) is 6.33. The first-order valence-electron chi connectivity index (χ1n) is 8.31. The zero-order valence-corrected chi connectivity index (χ0v) is 13.9. The van der Waals surface area contributed by atoms with Crippen molar-refractivity contribution in [3.63, 3.8) is 0 Å². The van der Waals surface area contributed by atoms with Gasteiger partial charge >= 0.3 is 0 Å². The normalized spacial score (nSPS) is 17.8. The van der Waals surface area contributed by atoms with Crippen LogP contribution in [0.3, 0.4) is 0 Å². The van der Waals surface area contributed by atoms with Gasteiger partial charge in [-0.05, 0) is 49.6 Å². The molecule has 2 N–H and O–H groups in total. The van der Waals surface area contributed by atoms with Crippen LogP contribution in [0.25, 0.3) is 16.8 Å². The van der Waals surface area contributed by atoms with Crippen molar-refractivity contribution in [3.05, 3.63) is 41.8 Å². The Balaban J connectivity index is 1.78. The number of aromatic nitrogens is 3. The van der Waals surface area contributed by atoms with E-state index in [1.807, 2.05) is 22.7 Å². The zero-order valence-electron chi connectivity index (χ0n) is 13.9.